The Morgan fingerprint density at radius 1 is 1.29 bits per heavy atom. The van der Waals surface area contributed by atoms with Crippen molar-refractivity contribution in [1.82, 2.24) is 4.90 Å². The first-order valence-corrected chi connectivity index (χ1v) is 9.76. The lowest BCUT2D eigenvalue weighted by atomic mass is 10.2. The minimum Gasteiger partial charge on any atom is -0.286 e. The Bertz CT molecular complexity index is 309. The van der Waals surface area contributed by atoms with Crippen LogP contribution in [0.1, 0.15) is 25.7 Å². The quantitative estimate of drug-likeness (QED) is 0.533. The van der Waals surface area contributed by atoms with Gasteiger partial charge in [-0.15, -0.1) is 11.6 Å². The average Bonchev–Trinajstić information content (AvgIpc) is 2.28. The molecule has 1 unspecified atom stereocenters. The van der Waals surface area contributed by atoms with Crippen molar-refractivity contribution in [1.29, 1.82) is 0 Å². The molecule has 1 atom stereocenters. The summed E-state index contributed by atoms with van der Waals surface area (Å²) in [7, 11) is -2.94. The van der Waals surface area contributed by atoms with Crippen LogP contribution in [0.4, 0.5) is 0 Å². The van der Waals surface area contributed by atoms with Gasteiger partial charge in [-0.1, -0.05) is 12.8 Å². The Kier molecular flexibility index (Phi) is 7.22. The van der Waals surface area contributed by atoms with E-state index >= 15 is 0 Å². The number of nitrogens with zero attached hydrogens (tertiary/aromatic N) is 1. The van der Waals surface area contributed by atoms with Crippen molar-refractivity contribution < 1.29 is 8.42 Å². The first-order valence-electron chi connectivity index (χ1n) is 6.12. The molecule has 102 valence electrons. The van der Waals surface area contributed by atoms with E-state index in [1.807, 2.05) is 0 Å². The van der Waals surface area contributed by atoms with E-state index in [4.69, 9.17) is 11.6 Å². The second-order valence-corrected chi connectivity index (χ2v) is 8.23. The zero-order chi connectivity index (χ0) is 12.7. The van der Waals surface area contributed by atoms with Gasteiger partial charge in [0.15, 0.2) is 9.84 Å². The highest BCUT2D eigenvalue weighted by molar-refractivity contribution is 8.00. The summed E-state index contributed by atoms with van der Waals surface area (Å²) in [6.45, 7) is 1.80. The van der Waals surface area contributed by atoms with Crippen LogP contribution >= 0.6 is 23.4 Å². The second-order valence-electron chi connectivity index (χ2n) is 4.50. The van der Waals surface area contributed by atoms with Crippen molar-refractivity contribution in [3.63, 3.8) is 0 Å². The van der Waals surface area contributed by atoms with Gasteiger partial charge in [0.2, 0.25) is 0 Å². The van der Waals surface area contributed by atoms with Crippen LogP contribution in [0.25, 0.3) is 0 Å². The molecular formula is C11H22ClNO2S2. The third kappa shape index (κ3) is 5.81. The Labute approximate surface area is 114 Å². The van der Waals surface area contributed by atoms with Gasteiger partial charge in [-0.2, -0.15) is 11.8 Å². The van der Waals surface area contributed by atoms with Gasteiger partial charge in [0, 0.05) is 30.2 Å². The Balaban J connectivity index is 2.33. The lowest BCUT2D eigenvalue weighted by Gasteiger charge is -2.33. The minimum absolute atomic E-state index is 0.269. The van der Waals surface area contributed by atoms with Crippen molar-refractivity contribution in [2.24, 2.45) is 0 Å². The van der Waals surface area contributed by atoms with Crippen LogP contribution in [0.3, 0.4) is 0 Å². The van der Waals surface area contributed by atoms with E-state index < -0.39 is 9.84 Å². The van der Waals surface area contributed by atoms with E-state index in [0.29, 0.717) is 0 Å². The number of sulfone groups is 1. The lowest BCUT2D eigenvalue weighted by molar-refractivity contribution is 0.264. The summed E-state index contributed by atoms with van der Waals surface area (Å²) >= 11 is 7.36. The fraction of sp³-hybridized carbons (Fsp3) is 1.00. The number of hydrogen-bond donors (Lipinski definition) is 0. The number of hydrogen-bond acceptors (Lipinski definition) is 4. The molecule has 0 spiro atoms. The highest BCUT2D eigenvalue weighted by Gasteiger charge is 2.30. The highest BCUT2D eigenvalue weighted by atomic mass is 35.5. The number of halogens is 1. The smallest absolute Gasteiger partial charge is 0.164 e. The van der Waals surface area contributed by atoms with E-state index in [-0.39, 0.29) is 5.37 Å². The number of unbranched alkanes of at least 4 members (excludes halogenated alkanes) is 3. The second kappa shape index (κ2) is 7.87. The maximum absolute atomic E-state index is 11.7. The van der Waals surface area contributed by atoms with Crippen molar-refractivity contribution >= 4 is 33.2 Å². The molecule has 1 aliphatic heterocycles. The molecule has 0 aromatic heterocycles. The molecule has 1 saturated heterocycles. The van der Waals surface area contributed by atoms with E-state index in [1.165, 1.54) is 6.26 Å². The van der Waals surface area contributed by atoms with Crippen molar-refractivity contribution in [3.05, 3.63) is 0 Å². The van der Waals surface area contributed by atoms with Gasteiger partial charge in [-0.25, -0.2) is 8.42 Å². The summed E-state index contributed by atoms with van der Waals surface area (Å²) in [6, 6.07) is 0. The average molecular weight is 300 g/mol. The normalized spacial score (nSPS) is 22.8. The van der Waals surface area contributed by atoms with E-state index in [2.05, 4.69) is 4.90 Å². The zero-order valence-corrected chi connectivity index (χ0v) is 12.8. The SMILES string of the molecule is CS(=O)(=O)C1CSCCN1CCCCCCCl. The summed E-state index contributed by atoms with van der Waals surface area (Å²) in [5.74, 6) is 2.50. The van der Waals surface area contributed by atoms with Gasteiger partial charge in [0.25, 0.3) is 0 Å². The van der Waals surface area contributed by atoms with Crippen LogP contribution in [0.5, 0.6) is 0 Å². The zero-order valence-electron chi connectivity index (χ0n) is 10.4. The first kappa shape index (κ1) is 15.6. The fourth-order valence-corrected chi connectivity index (χ4v) is 5.19. The summed E-state index contributed by atoms with van der Waals surface area (Å²) < 4.78 is 23.3. The Morgan fingerprint density at radius 2 is 2.00 bits per heavy atom. The van der Waals surface area contributed by atoms with Crippen LogP contribution in [-0.4, -0.2) is 55.4 Å². The predicted molar refractivity (Wildman–Crippen MR) is 76.7 cm³/mol. The Hall–Kier alpha value is 0.550. The first-order chi connectivity index (χ1) is 8.05. The number of thioether (sulfide) groups is 1. The van der Waals surface area contributed by atoms with Crippen LogP contribution < -0.4 is 0 Å². The van der Waals surface area contributed by atoms with Gasteiger partial charge in [-0.3, -0.25) is 4.90 Å². The minimum atomic E-state index is -2.94. The van der Waals surface area contributed by atoms with Crippen molar-refractivity contribution in [3.8, 4) is 0 Å². The summed E-state index contributed by atoms with van der Waals surface area (Å²) in [4.78, 5) is 2.13. The molecule has 0 aliphatic carbocycles. The van der Waals surface area contributed by atoms with Crippen LogP contribution in [0.2, 0.25) is 0 Å². The van der Waals surface area contributed by atoms with Gasteiger partial charge >= 0.3 is 0 Å². The maximum atomic E-state index is 11.7. The molecule has 0 radical (unpaired) electrons. The summed E-state index contributed by atoms with van der Waals surface area (Å²) in [6.07, 6.45) is 5.78. The van der Waals surface area contributed by atoms with E-state index in [0.717, 1.165) is 56.2 Å². The standard InChI is InChI=1S/C11H22ClNO2S2/c1-17(14,15)11-10-16-9-8-13(11)7-5-3-2-4-6-12/h11H,2-10H2,1H3. The van der Waals surface area contributed by atoms with Crippen molar-refractivity contribution in [2.45, 2.75) is 31.1 Å². The topological polar surface area (TPSA) is 37.4 Å². The van der Waals surface area contributed by atoms with Crippen LogP contribution in [0, 0.1) is 0 Å². The van der Waals surface area contributed by atoms with E-state index in [9.17, 15) is 8.42 Å². The number of rotatable bonds is 7. The molecule has 0 saturated carbocycles. The summed E-state index contributed by atoms with van der Waals surface area (Å²) in [5.41, 5.74) is 0. The van der Waals surface area contributed by atoms with Crippen LogP contribution in [0.15, 0.2) is 0 Å². The molecule has 0 amide bonds. The molecule has 1 fully saturated rings. The lowest BCUT2D eigenvalue weighted by Crippen LogP contribution is -2.47. The third-order valence-corrected chi connectivity index (χ3v) is 5.97. The molecule has 0 aromatic carbocycles. The molecule has 17 heavy (non-hydrogen) atoms. The number of alkyl halides is 1. The third-order valence-electron chi connectivity index (χ3n) is 3.01. The molecule has 0 aromatic rings. The van der Waals surface area contributed by atoms with Crippen LogP contribution in [-0.2, 0) is 9.84 Å². The molecule has 0 bridgehead atoms. The molecule has 1 rings (SSSR count). The van der Waals surface area contributed by atoms with Gasteiger partial charge in [0.05, 0.1) is 0 Å². The predicted octanol–water partition coefficient (Wildman–Crippen LogP) is 2.21. The van der Waals surface area contributed by atoms with Gasteiger partial charge < -0.3 is 0 Å². The highest BCUT2D eigenvalue weighted by Crippen LogP contribution is 2.20. The molecule has 3 nitrogen and oxygen atoms in total. The Morgan fingerprint density at radius 3 is 2.65 bits per heavy atom. The monoisotopic (exact) mass is 299 g/mol. The molecule has 0 N–H and O–H groups in total. The van der Waals surface area contributed by atoms with Gasteiger partial charge in [0.1, 0.15) is 5.37 Å². The molecule has 1 aliphatic rings. The van der Waals surface area contributed by atoms with Crippen molar-refractivity contribution in [2.75, 3.05) is 36.7 Å². The maximum Gasteiger partial charge on any atom is 0.164 e. The molecule has 1 heterocycles. The summed E-state index contributed by atoms with van der Waals surface area (Å²) in [5, 5.41) is -0.269. The van der Waals surface area contributed by atoms with Gasteiger partial charge in [-0.05, 0) is 19.4 Å². The largest absolute Gasteiger partial charge is 0.286 e. The van der Waals surface area contributed by atoms with E-state index in [1.54, 1.807) is 11.8 Å². The molecule has 6 heteroatoms. The molecular weight excluding hydrogens is 278 g/mol. The fourth-order valence-electron chi connectivity index (χ4n) is 2.03.